The molecule has 1 rings (SSSR count). The van der Waals surface area contributed by atoms with Crippen molar-refractivity contribution >= 4 is 17.4 Å². The highest BCUT2D eigenvalue weighted by atomic mass is 32.1. The molecule has 3 N–H and O–H groups in total. The van der Waals surface area contributed by atoms with Gasteiger partial charge in [-0.15, -0.1) is 11.3 Å². The normalized spacial score (nSPS) is 9.36. The summed E-state index contributed by atoms with van der Waals surface area (Å²) in [5.74, 6) is 0. The van der Waals surface area contributed by atoms with Gasteiger partial charge in [0.15, 0.2) is 0 Å². The van der Waals surface area contributed by atoms with Gasteiger partial charge in [0.25, 0.3) is 0 Å². The van der Waals surface area contributed by atoms with Gasteiger partial charge in [-0.2, -0.15) is 0 Å². The maximum atomic E-state index is 7.00. The Morgan fingerprint density at radius 1 is 1.45 bits per heavy atom. The van der Waals surface area contributed by atoms with Crippen LogP contribution < -0.4 is 5.73 Å². The molecule has 62 valence electrons. The van der Waals surface area contributed by atoms with Crippen molar-refractivity contribution in [2.24, 2.45) is 5.73 Å². The molecule has 1 aromatic rings. The van der Waals surface area contributed by atoms with Crippen LogP contribution in [-0.4, -0.2) is 12.2 Å². The highest BCUT2D eigenvalue weighted by Gasteiger charge is 1.88. The van der Waals surface area contributed by atoms with Crippen molar-refractivity contribution in [3.8, 4) is 0 Å². The molecule has 0 spiro atoms. The molecular weight excluding hydrogens is 158 g/mol. The van der Waals surface area contributed by atoms with E-state index >= 15 is 0 Å². The second kappa shape index (κ2) is 5.95. The second-order valence-corrected chi connectivity index (χ2v) is 3.13. The Labute approximate surface area is 71.0 Å². The summed E-state index contributed by atoms with van der Waals surface area (Å²) in [6.07, 6.45) is 3.46. The van der Waals surface area contributed by atoms with Gasteiger partial charge in [0.05, 0.1) is 0 Å². The average Bonchev–Trinajstić information content (AvgIpc) is 2.41. The average molecular weight is 171 g/mol. The molecule has 1 aromatic heterocycles. The van der Waals surface area contributed by atoms with Gasteiger partial charge in [0.2, 0.25) is 0 Å². The van der Waals surface area contributed by atoms with Crippen LogP contribution in [0.4, 0.5) is 0 Å². The summed E-state index contributed by atoms with van der Waals surface area (Å²) in [5, 5.41) is 7.00. The van der Waals surface area contributed by atoms with E-state index in [1.54, 1.807) is 17.5 Å². The van der Waals surface area contributed by atoms with Gasteiger partial charge in [0, 0.05) is 16.9 Å². The molecular formula is C8H13NOS. The van der Waals surface area contributed by atoms with Gasteiger partial charge >= 0.3 is 0 Å². The fourth-order valence-corrected chi connectivity index (χ4v) is 1.43. The minimum Gasteiger partial charge on any atom is -0.405 e. The number of aliphatic hydroxyl groups excluding tert-OH is 1. The van der Waals surface area contributed by atoms with Crippen LogP contribution in [0, 0.1) is 6.92 Å². The molecule has 0 aliphatic carbocycles. The van der Waals surface area contributed by atoms with Gasteiger partial charge < -0.3 is 10.8 Å². The summed E-state index contributed by atoms with van der Waals surface area (Å²) >= 11 is 1.75. The third-order valence-electron chi connectivity index (χ3n) is 1.02. The molecule has 11 heavy (non-hydrogen) atoms. The van der Waals surface area contributed by atoms with E-state index in [4.69, 9.17) is 10.8 Å². The van der Waals surface area contributed by atoms with Crippen LogP contribution in [0.5, 0.6) is 0 Å². The van der Waals surface area contributed by atoms with E-state index in [2.05, 4.69) is 19.1 Å². The van der Waals surface area contributed by atoms with Crippen LogP contribution in [0.2, 0.25) is 0 Å². The summed E-state index contributed by atoms with van der Waals surface area (Å²) in [6, 6.07) is 4.14. The molecule has 1 heterocycles. The molecule has 0 radical (unpaired) electrons. The molecule has 0 saturated carbocycles. The molecule has 2 nitrogen and oxygen atoms in total. The highest BCUT2D eigenvalue weighted by molar-refractivity contribution is 7.12. The Morgan fingerprint density at radius 2 is 2.09 bits per heavy atom. The van der Waals surface area contributed by atoms with Crippen molar-refractivity contribution in [3.63, 3.8) is 0 Å². The lowest BCUT2D eigenvalue weighted by Crippen LogP contribution is -1.72. The molecule has 0 aliphatic rings. The first kappa shape index (κ1) is 10.2. The number of hydrogen-bond donors (Lipinski definition) is 2. The SMILES string of the molecule is CO.Cc1ccc(/C=C/N)s1. The van der Waals surface area contributed by atoms with Gasteiger partial charge in [-0.3, -0.25) is 0 Å². The van der Waals surface area contributed by atoms with E-state index in [1.807, 2.05) is 6.08 Å². The Kier molecular flexibility index (Phi) is 5.51. The molecule has 0 unspecified atom stereocenters. The summed E-state index contributed by atoms with van der Waals surface area (Å²) in [5.41, 5.74) is 5.20. The second-order valence-electron chi connectivity index (χ2n) is 1.81. The smallest absolute Gasteiger partial charge is 0.0319 e. The molecule has 0 atom stereocenters. The summed E-state index contributed by atoms with van der Waals surface area (Å²) in [6.45, 7) is 2.08. The monoisotopic (exact) mass is 171 g/mol. The van der Waals surface area contributed by atoms with Crippen LogP contribution >= 0.6 is 11.3 Å². The van der Waals surface area contributed by atoms with E-state index in [0.717, 1.165) is 7.11 Å². The third-order valence-corrected chi connectivity index (χ3v) is 1.99. The van der Waals surface area contributed by atoms with Crippen molar-refractivity contribution < 1.29 is 5.11 Å². The van der Waals surface area contributed by atoms with Crippen molar-refractivity contribution in [1.29, 1.82) is 0 Å². The van der Waals surface area contributed by atoms with Crippen LogP contribution in [0.15, 0.2) is 18.3 Å². The largest absolute Gasteiger partial charge is 0.405 e. The van der Waals surface area contributed by atoms with E-state index in [1.165, 1.54) is 9.75 Å². The Balaban J connectivity index is 0.000000461. The number of nitrogens with two attached hydrogens (primary N) is 1. The van der Waals surface area contributed by atoms with Crippen molar-refractivity contribution in [3.05, 3.63) is 28.1 Å². The number of hydrogen-bond acceptors (Lipinski definition) is 3. The van der Waals surface area contributed by atoms with Gasteiger partial charge in [-0.05, 0) is 31.3 Å². The first-order valence-corrected chi connectivity index (χ1v) is 4.04. The Hall–Kier alpha value is -0.800. The predicted molar refractivity (Wildman–Crippen MR) is 50.4 cm³/mol. The lowest BCUT2D eigenvalue weighted by atomic mass is 10.4. The van der Waals surface area contributed by atoms with Crippen molar-refractivity contribution in [2.45, 2.75) is 6.92 Å². The van der Waals surface area contributed by atoms with E-state index in [9.17, 15) is 0 Å². The lowest BCUT2D eigenvalue weighted by Gasteiger charge is -1.77. The molecule has 0 amide bonds. The number of aliphatic hydroxyl groups is 1. The number of thiophene rings is 1. The topological polar surface area (TPSA) is 46.2 Å². The fourth-order valence-electron chi connectivity index (χ4n) is 0.638. The molecule has 0 aromatic carbocycles. The van der Waals surface area contributed by atoms with E-state index in [0.29, 0.717) is 0 Å². The maximum Gasteiger partial charge on any atom is 0.0319 e. The fraction of sp³-hybridized carbons (Fsp3) is 0.250. The quantitative estimate of drug-likeness (QED) is 0.674. The molecule has 0 bridgehead atoms. The zero-order valence-electron chi connectivity index (χ0n) is 6.74. The first-order valence-electron chi connectivity index (χ1n) is 3.22. The zero-order chi connectivity index (χ0) is 8.69. The van der Waals surface area contributed by atoms with Crippen LogP contribution in [0.3, 0.4) is 0 Å². The maximum absolute atomic E-state index is 7.00. The third kappa shape index (κ3) is 3.80. The minimum atomic E-state index is 1.00. The lowest BCUT2D eigenvalue weighted by molar-refractivity contribution is 0.399. The van der Waals surface area contributed by atoms with E-state index < -0.39 is 0 Å². The van der Waals surface area contributed by atoms with Gasteiger partial charge in [0.1, 0.15) is 0 Å². The summed E-state index contributed by atoms with van der Waals surface area (Å²) in [4.78, 5) is 2.54. The zero-order valence-corrected chi connectivity index (χ0v) is 7.56. The molecule has 0 saturated heterocycles. The minimum absolute atomic E-state index is 1.00. The summed E-state index contributed by atoms with van der Waals surface area (Å²) in [7, 11) is 1.00. The van der Waals surface area contributed by atoms with Crippen LogP contribution in [0.25, 0.3) is 6.08 Å². The van der Waals surface area contributed by atoms with Crippen molar-refractivity contribution in [1.82, 2.24) is 0 Å². The molecule has 0 aliphatic heterocycles. The number of aryl methyl sites for hydroxylation is 1. The van der Waals surface area contributed by atoms with E-state index in [-0.39, 0.29) is 0 Å². The standard InChI is InChI=1S/C7H9NS.CH4O/c1-6-2-3-7(9-6)4-5-8;1-2/h2-5H,8H2,1H3;2H,1H3/b5-4+;. The predicted octanol–water partition coefficient (Wildman–Crippen LogP) is 1.59. The molecule has 3 heteroatoms. The summed E-state index contributed by atoms with van der Waals surface area (Å²) < 4.78 is 0. The first-order chi connectivity index (χ1) is 5.33. The van der Waals surface area contributed by atoms with Crippen LogP contribution in [0.1, 0.15) is 9.75 Å². The van der Waals surface area contributed by atoms with Crippen molar-refractivity contribution in [2.75, 3.05) is 7.11 Å². The molecule has 0 fully saturated rings. The van der Waals surface area contributed by atoms with Gasteiger partial charge in [-0.1, -0.05) is 0 Å². The Morgan fingerprint density at radius 3 is 2.45 bits per heavy atom. The Bertz CT molecular complexity index is 218. The number of rotatable bonds is 1. The highest BCUT2D eigenvalue weighted by Crippen LogP contribution is 2.15. The van der Waals surface area contributed by atoms with Gasteiger partial charge in [-0.25, -0.2) is 0 Å². The van der Waals surface area contributed by atoms with Crippen LogP contribution in [-0.2, 0) is 0 Å².